The number of amides is 1. The predicted molar refractivity (Wildman–Crippen MR) is 143 cm³/mol. The molecule has 0 aliphatic carbocycles. The smallest absolute Gasteiger partial charge is 0.225 e. The van der Waals surface area contributed by atoms with Gasteiger partial charge in [-0.3, -0.25) is 4.79 Å². The zero-order valence-corrected chi connectivity index (χ0v) is 21.4. The van der Waals surface area contributed by atoms with Crippen molar-refractivity contribution in [3.8, 4) is 11.9 Å². The number of carbonyl (C=O) groups is 1. The van der Waals surface area contributed by atoms with Crippen LogP contribution in [0.25, 0.3) is 0 Å². The van der Waals surface area contributed by atoms with Gasteiger partial charge in [-0.25, -0.2) is 9.97 Å². The van der Waals surface area contributed by atoms with Crippen molar-refractivity contribution in [2.45, 2.75) is 25.2 Å². The second-order valence-corrected chi connectivity index (χ2v) is 10.2. The number of hydrogen-bond donors (Lipinski definition) is 0. The molecule has 2 aliphatic heterocycles. The van der Waals surface area contributed by atoms with Crippen LogP contribution in [0.2, 0.25) is 5.02 Å². The molecular formula is C29H30ClN5O2. The summed E-state index contributed by atoms with van der Waals surface area (Å²) in [4.78, 5) is 26.5. The van der Waals surface area contributed by atoms with Crippen molar-refractivity contribution in [1.29, 1.82) is 5.26 Å². The molecule has 4 heterocycles. The molecule has 0 spiro atoms. The van der Waals surface area contributed by atoms with Gasteiger partial charge in [0, 0.05) is 62.4 Å². The molecule has 2 fully saturated rings. The van der Waals surface area contributed by atoms with E-state index in [1.807, 2.05) is 12.1 Å². The largest absolute Gasteiger partial charge is 0.477 e. The van der Waals surface area contributed by atoms with Crippen LogP contribution >= 0.6 is 11.6 Å². The molecule has 2 aromatic heterocycles. The first-order valence-corrected chi connectivity index (χ1v) is 13.2. The summed E-state index contributed by atoms with van der Waals surface area (Å²) in [7, 11) is 0. The Morgan fingerprint density at radius 3 is 2.49 bits per heavy atom. The fourth-order valence-corrected chi connectivity index (χ4v) is 5.48. The molecule has 2 atom stereocenters. The fourth-order valence-electron chi connectivity index (χ4n) is 5.37. The number of piperidine rings is 2. The highest BCUT2D eigenvalue weighted by Gasteiger charge is 2.36. The molecule has 1 aromatic carbocycles. The Kier molecular flexibility index (Phi) is 7.86. The summed E-state index contributed by atoms with van der Waals surface area (Å²) < 4.78 is 6.03. The second kappa shape index (κ2) is 11.6. The minimum absolute atomic E-state index is 0.0251. The monoisotopic (exact) mass is 515 g/mol. The molecule has 37 heavy (non-hydrogen) atoms. The number of nitriles is 1. The van der Waals surface area contributed by atoms with Gasteiger partial charge in [-0.2, -0.15) is 5.26 Å². The maximum absolute atomic E-state index is 13.6. The van der Waals surface area contributed by atoms with E-state index in [9.17, 15) is 4.79 Å². The second-order valence-electron chi connectivity index (χ2n) is 9.75. The minimum atomic E-state index is 0.0251. The average Bonchev–Trinajstić information content (AvgIpc) is 2.97. The third-order valence-corrected chi connectivity index (χ3v) is 7.71. The predicted octanol–water partition coefficient (Wildman–Crippen LogP) is 4.93. The van der Waals surface area contributed by atoms with Crippen molar-refractivity contribution < 1.29 is 9.53 Å². The van der Waals surface area contributed by atoms with E-state index in [0.717, 1.165) is 44.7 Å². The molecular weight excluding hydrogens is 486 g/mol. The van der Waals surface area contributed by atoms with Gasteiger partial charge in [-0.1, -0.05) is 41.9 Å². The van der Waals surface area contributed by atoms with E-state index in [1.54, 1.807) is 30.6 Å². The number of aromatic nitrogens is 2. The SMILES string of the molecule is N#Cc1ccc(N2CCC(C(=O)N3CC[C@H](COc4ccc(Cl)cn4)[C@@H](c4ccccc4)C3)CC2)nc1. The summed E-state index contributed by atoms with van der Waals surface area (Å²) in [5, 5.41) is 9.58. The molecule has 0 bridgehead atoms. The highest BCUT2D eigenvalue weighted by Crippen LogP contribution is 2.34. The van der Waals surface area contributed by atoms with E-state index >= 15 is 0 Å². The van der Waals surface area contributed by atoms with Crippen molar-refractivity contribution in [3.63, 3.8) is 0 Å². The summed E-state index contributed by atoms with van der Waals surface area (Å²) in [5.74, 6) is 2.20. The van der Waals surface area contributed by atoms with Crippen LogP contribution in [-0.4, -0.2) is 53.6 Å². The van der Waals surface area contributed by atoms with E-state index in [0.29, 0.717) is 29.6 Å². The summed E-state index contributed by atoms with van der Waals surface area (Å²) in [6.07, 6.45) is 5.69. The molecule has 5 rings (SSSR count). The molecule has 0 unspecified atom stereocenters. The third kappa shape index (κ3) is 6.03. The molecule has 190 valence electrons. The summed E-state index contributed by atoms with van der Waals surface area (Å²) in [5.41, 5.74) is 1.79. The number of hydrogen-bond acceptors (Lipinski definition) is 6. The molecule has 2 saturated heterocycles. The fraction of sp³-hybridized carbons (Fsp3) is 0.379. The van der Waals surface area contributed by atoms with E-state index in [-0.39, 0.29) is 23.7 Å². The van der Waals surface area contributed by atoms with Crippen LogP contribution in [-0.2, 0) is 4.79 Å². The molecule has 0 radical (unpaired) electrons. The lowest BCUT2D eigenvalue weighted by Gasteiger charge is -2.41. The Morgan fingerprint density at radius 2 is 1.81 bits per heavy atom. The third-order valence-electron chi connectivity index (χ3n) is 7.49. The van der Waals surface area contributed by atoms with Crippen LogP contribution in [0.1, 0.15) is 36.3 Å². The van der Waals surface area contributed by atoms with Gasteiger partial charge in [0.2, 0.25) is 11.8 Å². The van der Waals surface area contributed by atoms with Crippen molar-refractivity contribution in [3.05, 3.63) is 83.1 Å². The first kappa shape index (κ1) is 25.0. The van der Waals surface area contributed by atoms with Crippen LogP contribution in [0.3, 0.4) is 0 Å². The molecule has 7 nitrogen and oxygen atoms in total. The number of pyridine rings is 2. The Bertz CT molecular complexity index is 1220. The average molecular weight is 516 g/mol. The molecule has 0 saturated carbocycles. The number of anilines is 1. The van der Waals surface area contributed by atoms with Crippen LogP contribution in [0.4, 0.5) is 5.82 Å². The van der Waals surface area contributed by atoms with Crippen LogP contribution in [0.5, 0.6) is 5.88 Å². The number of rotatable bonds is 6. The molecule has 2 aliphatic rings. The van der Waals surface area contributed by atoms with Gasteiger partial charge in [0.15, 0.2) is 0 Å². The Morgan fingerprint density at radius 1 is 1.00 bits per heavy atom. The molecule has 0 N–H and O–H groups in total. The lowest BCUT2D eigenvalue weighted by Crippen LogP contribution is -2.48. The first-order chi connectivity index (χ1) is 18.1. The number of nitrogens with zero attached hydrogens (tertiary/aromatic N) is 5. The van der Waals surface area contributed by atoms with Crippen molar-refractivity contribution >= 4 is 23.3 Å². The van der Waals surface area contributed by atoms with E-state index in [4.69, 9.17) is 21.6 Å². The highest BCUT2D eigenvalue weighted by molar-refractivity contribution is 6.30. The maximum Gasteiger partial charge on any atom is 0.225 e. The summed E-state index contributed by atoms with van der Waals surface area (Å²) in [6.45, 7) is 3.56. The quantitative estimate of drug-likeness (QED) is 0.463. The minimum Gasteiger partial charge on any atom is -0.477 e. The Hall–Kier alpha value is -3.63. The first-order valence-electron chi connectivity index (χ1n) is 12.8. The number of ether oxygens (including phenoxy) is 1. The van der Waals surface area contributed by atoms with Crippen LogP contribution < -0.4 is 9.64 Å². The number of likely N-dealkylation sites (tertiary alicyclic amines) is 1. The Labute approximate surface area is 222 Å². The summed E-state index contributed by atoms with van der Waals surface area (Å²) >= 11 is 5.95. The normalized spacial score (nSPS) is 20.3. The highest BCUT2D eigenvalue weighted by atomic mass is 35.5. The lowest BCUT2D eigenvalue weighted by atomic mass is 9.80. The van der Waals surface area contributed by atoms with Crippen molar-refractivity contribution in [2.24, 2.45) is 11.8 Å². The van der Waals surface area contributed by atoms with Gasteiger partial charge in [0.05, 0.1) is 17.2 Å². The molecule has 1 amide bonds. The molecule has 8 heteroatoms. The van der Waals surface area contributed by atoms with E-state index in [2.05, 4.69) is 50.1 Å². The van der Waals surface area contributed by atoms with Gasteiger partial charge in [0.1, 0.15) is 11.9 Å². The topological polar surface area (TPSA) is 82.4 Å². The van der Waals surface area contributed by atoms with Crippen LogP contribution in [0, 0.1) is 23.2 Å². The zero-order chi connectivity index (χ0) is 25.6. The van der Waals surface area contributed by atoms with Gasteiger partial charge in [-0.05, 0) is 43.0 Å². The lowest BCUT2D eigenvalue weighted by molar-refractivity contribution is -0.138. The van der Waals surface area contributed by atoms with Gasteiger partial charge < -0.3 is 14.5 Å². The standard InChI is InChI=1S/C29H30ClN5O2/c30-25-7-9-28(33-18-25)37-20-24-12-15-35(19-26(24)22-4-2-1-3-5-22)29(36)23-10-13-34(14-11-23)27-8-6-21(16-31)17-32-27/h1-9,17-18,23-24,26H,10-15,19-20H2/t24-,26-/m1/s1. The zero-order valence-electron chi connectivity index (χ0n) is 20.7. The number of halogens is 1. The van der Waals surface area contributed by atoms with Gasteiger partial charge >= 0.3 is 0 Å². The van der Waals surface area contributed by atoms with E-state index < -0.39 is 0 Å². The number of benzene rings is 1. The van der Waals surface area contributed by atoms with Gasteiger partial charge in [0.25, 0.3) is 0 Å². The van der Waals surface area contributed by atoms with E-state index in [1.165, 1.54) is 5.56 Å². The van der Waals surface area contributed by atoms with Crippen molar-refractivity contribution in [2.75, 3.05) is 37.7 Å². The molecule has 3 aromatic rings. The van der Waals surface area contributed by atoms with Crippen molar-refractivity contribution in [1.82, 2.24) is 14.9 Å². The number of carbonyl (C=O) groups excluding carboxylic acids is 1. The summed E-state index contributed by atoms with van der Waals surface area (Å²) in [6, 6.07) is 19.8. The maximum atomic E-state index is 13.6. The van der Waals surface area contributed by atoms with Gasteiger partial charge in [-0.15, -0.1) is 0 Å². The van der Waals surface area contributed by atoms with Crippen LogP contribution in [0.15, 0.2) is 67.0 Å². The Balaban J connectivity index is 1.21.